The first kappa shape index (κ1) is 15.1. The van der Waals surface area contributed by atoms with Gasteiger partial charge >= 0.3 is 5.97 Å². The standard InChI is InChI=1S/C18H21NO2/c1-13-4-8-15(9-5-13)17(18(20)21)12-14-6-10-16(11-7-14)19(2)3/h4-11,17H,12H2,1-3H3,(H,20,21). The molecule has 1 atom stereocenters. The maximum absolute atomic E-state index is 11.6. The molecule has 2 aromatic carbocycles. The van der Waals surface area contributed by atoms with Gasteiger partial charge in [0.2, 0.25) is 0 Å². The molecule has 1 unspecified atom stereocenters. The molecular formula is C18H21NO2. The molecular weight excluding hydrogens is 262 g/mol. The van der Waals surface area contributed by atoms with Gasteiger partial charge in [0.05, 0.1) is 5.92 Å². The van der Waals surface area contributed by atoms with Crippen LogP contribution in [0.2, 0.25) is 0 Å². The summed E-state index contributed by atoms with van der Waals surface area (Å²) in [6.45, 7) is 2.00. The van der Waals surface area contributed by atoms with Crippen LogP contribution in [-0.4, -0.2) is 25.2 Å². The first-order valence-electron chi connectivity index (χ1n) is 7.03. The highest BCUT2D eigenvalue weighted by molar-refractivity contribution is 5.76. The number of anilines is 1. The van der Waals surface area contributed by atoms with Crippen LogP contribution < -0.4 is 4.90 Å². The van der Waals surface area contributed by atoms with Crippen LogP contribution in [0.25, 0.3) is 0 Å². The van der Waals surface area contributed by atoms with Crippen LogP contribution >= 0.6 is 0 Å². The van der Waals surface area contributed by atoms with Gasteiger partial charge in [-0.1, -0.05) is 42.0 Å². The average molecular weight is 283 g/mol. The van der Waals surface area contributed by atoms with Gasteiger partial charge in [0, 0.05) is 19.8 Å². The van der Waals surface area contributed by atoms with E-state index in [9.17, 15) is 9.90 Å². The highest BCUT2D eigenvalue weighted by atomic mass is 16.4. The van der Waals surface area contributed by atoms with Gasteiger partial charge in [0.25, 0.3) is 0 Å². The molecule has 3 nitrogen and oxygen atoms in total. The molecule has 1 N–H and O–H groups in total. The van der Waals surface area contributed by atoms with Crippen molar-refractivity contribution in [3.05, 3.63) is 65.2 Å². The van der Waals surface area contributed by atoms with E-state index in [0.717, 1.165) is 22.4 Å². The lowest BCUT2D eigenvalue weighted by Gasteiger charge is -2.15. The lowest BCUT2D eigenvalue weighted by molar-refractivity contribution is -0.138. The van der Waals surface area contributed by atoms with Gasteiger partial charge in [0.1, 0.15) is 0 Å². The van der Waals surface area contributed by atoms with Crippen LogP contribution in [0.4, 0.5) is 5.69 Å². The second-order valence-corrected chi connectivity index (χ2v) is 5.57. The predicted molar refractivity (Wildman–Crippen MR) is 86.0 cm³/mol. The first-order valence-corrected chi connectivity index (χ1v) is 7.03. The predicted octanol–water partition coefficient (Wildman–Crippen LogP) is 3.47. The Morgan fingerprint density at radius 1 is 1.05 bits per heavy atom. The summed E-state index contributed by atoms with van der Waals surface area (Å²) in [6, 6.07) is 15.8. The number of aliphatic carboxylic acids is 1. The number of carboxylic acids is 1. The van der Waals surface area contributed by atoms with E-state index in [0.29, 0.717) is 6.42 Å². The number of hydrogen-bond acceptors (Lipinski definition) is 2. The molecule has 0 aliphatic heterocycles. The summed E-state index contributed by atoms with van der Waals surface area (Å²) >= 11 is 0. The minimum absolute atomic E-state index is 0.504. The molecule has 2 aromatic rings. The zero-order chi connectivity index (χ0) is 15.4. The summed E-state index contributed by atoms with van der Waals surface area (Å²) in [5.41, 5.74) is 4.14. The topological polar surface area (TPSA) is 40.5 Å². The lowest BCUT2D eigenvalue weighted by Crippen LogP contribution is -2.14. The summed E-state index contributed by atoms with van der Waals surface area (Å²) in [5, 5.41) is 9.49. The van der Waals surface area contributed by atoms with Crippen molar-refractivity contribution >= 4 is 11.7 Å². The SMILES string of the molecule is Cc1ccc(C(Cc2ccc(N(C)C)cc2)C(=O)O)cc1. The highest BCUT2D eigenvalue weighted by Crippen LogP contribution is 2.23. The second-order valence-electron chi connectivity index (χ2n) is 5.57. The Morgan fingerprint density at radius 3 is 2.10 bits per heavy atom. The number of carboxylic acid groups (broad SMARTS) is 1. The Balaban J connectivity index is 2.20. The van der Waals surface area contributed by atoms with E-state index >= 15 is 0 Å². The Morgan fingerprint density at radius 2 is 1.62 bits per heavy atom. The molecule has 0 heterocycles. The first-order chi connectivity index (χ1) is 9.97. The largest absolute Gasteiger partial charge is 0.481 e. The number of aryl methyl sites for hydroxylation is 1. The summed E-state index contributed by atoms with van der Waals surface area (Å²) in [7, 11) is 3.97. The number of rotatable bonds is 5. The molecule has 110 valence electrons. The Bertz CT molecular complexity index is 600. The molecule has 0 aliphatic carbocycles. The molecule has 0 saturated heterocycles. The van der Waals surface area contributed by atoms with E-state index in [1.165, 1.54) is 0 Å². The van der Waals surface area contributed by atoms with E-state index in [4.69, 9.17) is 0 Å². The molecule has 0 amide bonds. The molecule has 0 aromatic heterocycles. The van der Waals surface area contributed by atoms with E-state index in [1.54, 1.807) is 0 Å². The van der Waals surface area contributed by atoms with E-state index < -0.39 is 11.9 Å². The van der Waals surface area contributed by atoms with Crippen molar-refractivity contribution in [2.75, 3.05) is 19.0 Å². The van der Waals surface area contributed by atoms with Crippen LogP contribution in [0.15, 0.2) is 48.5 Å². The Kier molecular flexibility index (Phi) is 4.63. The fourth-order valence-electron chi connectivity index (χ4n) is 2.31. The third-order valence-corrected chi connectivity index (χ3v) is 3.67. The van der Waals surface area contributed by atoms with Crippen molar-refractivity contribution in [1.82, 2.24) is 0 Å². The van der Waals surface area contributed by atoms with Gasteiger partial charge in [-0.25, -0.2) is 0 Å². The lowest BCUT2D eigenvalue weighted by atomic mass is 9.91. The molecule has 0 aliphatic rings. The smallest absolute Gasteiger partial charge is 0.311 e. The zero-order valence-corrected chi connectivity index (χ0v) is 12.7. The van der Waals surface area contributed by atoms with E-state index in [-0.39, 0.29) is 0 Å². The van der Waals surface area contributed by atoms with Crippen molar-refractivity contribution in [1.29, 1.82) is 0 Å². The molecule has 0 radical (unpaired) electrons. The fraction of sp³-hybridized carbons (Fsp3) is 0.278. The molecule has 0 fully saturated rings. The van der Waals surface area contributed by atoms with Crippen molar-refractivity contribution in [3.63, 3.8) is 0 Å². The maximum atomic E-state index is 11.6. The van der Waals surface area contributed by atoms with Crippen LogP contribution in [0, 0.1) is 6.92 Å². The fourth-order valence-corrected chi connectivity index (χ4v) is 2.31. The number of benzene rings is 2. The van der Waals surface area contributed by atoms with E-state index in [1.807, 2.05) is 74.4 Å². The molecule has 3 heteroatoms. The van der Waals surface area contributed by atoms with Crippen molar-refractivity contribution < 1.29 is 9.90 Å². The summed E-state index contributed by atoms with van der Waals surface area (Å²) in [6.07, 6.45) is 0.506. The van der Waals surface area contributed by atoms with Crippen LogP contribution in [0.3, 0.4) is 0 Å². The number of carbonyl (C=O) groups is 1. The zero-order valence-electron chi connectivity index (χ0n) is 12.7. The minimum atomic E-state index is -0.782. The third-order valence-electron chi connectivity index (χ3n) is 3.67. The number of hydrogen-bond donors (Lipinski definition) is 1. The highest BCUT2D eigenvalue weighted by Gasteiger charge is 2.20. The normalized spacial score (nSPS) is 12.0. The minimum Gasteiger partial charge on any atom is -0.481 e. The summed E-state index contributed by atoms with van der Waals surface area (Å²) < 4.78 is 0. The van der Waals surface area contributed by atoms with E-state index in [2.05, 4.69) is 0 Å². The average Bonchev–Trinajstić information content (AvgIpc) is 2.46. The molecule has 21 heavy (non-hydrogen) atoms. The van der Waals surface area contributed by atoms with Crippen molar-refractivity contribution in [2.24, 2.45) is 0 Å². The van der Waals surface area contributed by atoms with Gasteiger partial charge in [-0.05, 0) is 36.6 Å². The van der Waals surface area contributed by atoms with Crippen LogP contribution in [0.1, 0.15) is 22.6 Å². The second kappa shape index (κ2) is 6.44. The summed E-state index contributed by atoms with van der Waals surface area (Å²) in [4.78, 5) is 13.6. The van der Waals surface area contributed by atoms with Gasteiger partial charge in [-0.3, -0.25) is 4.79 Å². The molecule has 0 bridgehead atoms. The van der Waals surface area contributed by atoms with Crippen LogP contribution in [-0.2, 0) is 11.2 Å². The molecule has 2 rings (SSSR count). The quantitative estimate of drug-likeness (QED) is 0.913. The monoisotopic (exact) mass is 283 g/mol. The Labute approximate surface area is 125 Å². The molecule has 0 saturated carbocycles. The van der Waals surface area contributed by atoms with Gasteiger partial charge in [-0.15, -0.1) is 0 Å². The summed E-state index contributed by atoms with van der Waals surface area (Å²) in [5.74, 6) is -1.29. The maximum Gasteiger partial charge on any atom is 0.311 e. The number of nitrogens with zero attached hydrogens (tertiary/aromatic N) is 1. The Hall–Kier alpha value is -2.29. The molecule has 0 spiro atoms. The van der Waals surface area contributed by atoms with Crippen LogP contribution in [0.5, 0.6) is 0 Å². The van der Waals surface area contributed by atoms with Gasteiger partial charge in [-0.2, -0.15) is 0 Å². The van der Waals surface area contributed by atoms with Gasteiger partial charge < -0.3 is 10.0 Å². The third kappa shape index (κ3) is 3.85. The van der Waals surface area contributed by atoms with Crippen molar-refractivity contribution in [2.45, 2.75) is 19.3 Å². The van der Waals surface area contributed by atoms with Crippen molar-refractivity contribution in [3.8, 4) is 0 Å². The van der Waals surface area contributed by atoms with Gasteiger partial charge in [0.15, 0.2) is 0 Å².